The number of carbonyl (C=O) groups excluding carboxylic acids is 1. The molecule has 0 N–H and O–H groups in total. The molecular weight excluding hydrogens is 146 g/mol. The molecule has 1 amide bonds. The number of carbonyl (C=O) groups is 1. The SMILES string of the molecule is CCCO/C(C)=N/C(=O)OC. The van der Waals surface area contributed by atoms with E-state index in [9.17, 15) is 4.79 Å². The van der Waals surface area contributed by atoms with Crippen molar-refractivity contribution in [3.63, 3.8) is 0 Å². The Morgan fingerprint density at radius 3 is 2.64 bits per heavy atom. The second-order valence-electron chi connectivity index (χ2n) is 1.95. The van der Waals surface area contributed by atoms with Crippen LogP contribution in [0.5, 0.6) is 0 Å². The third kappa shape index (κ3) is 5.39. The summed E-state index contributed by atoms with van der Waals surface area (Å²) in [5, 5.41) is 0. The fourth-order valence-electron chi connectivity index (χ4n) is 0.456. The molecule has 0 saturated carbocycles. The van der Waals surface area contributed by atoms with Gasteiger partial charge in [-0.25, -0.2) is 4.79 Å². The molecule has 0 unspecified atom stereocenters. The highest BCUT2D eigenvalue weighted by molar-refractivity contribution is 5.86. The summed E-state index contributed by atoms with van der Waals surface area (Å²) in [5.41, 5.74) is 0. The van der Waals surface area contributed by atoms with Gasteiger partial charge >= 0.3 is 6.09 Å². The van der Waals surface area contributed by atoms with Crippen LogP contribution in [0.15, 0.2) is 4.99 Å². The number of amides is 1. The maximum Gasteiger partial charge on any atom is 0.436 e. The van der Waals surface area contributed by atoms with Gasteiger partial charge < -0.3 is 9.47 Å². The Hall–Kier alpha value is -1.06. The van der Waals surface area contributed by atoms with E-state index in [1.54, 1.807) is 6.92 Å². The minimum absolute atomic E-state index is 0.346. The Bertz CT molecular complexity index is 154. The Morgan fingerprint density at radius 1 is 1.55 bits per heavy atom. The zero-order chi connectivity index (χ0) is 8.69. The molecule has 0 rings (SSSR count). The third-order valence-electron chi connectivity index (χ3n) is 0.938. The minimum atomic E-state index is -0.626. The van der Waals surface area contributed by atoms with Crippen molar-refractivity contribution in [2.24, 2.45) is 4.99 Å². The van der Waals surface area contributed by atoms with Gasteiger partial charge in [0.2, 0.25) is 0 Å². The van der Waals surface area contributed by atoms with Crippen molar-refractivity contribution < 1.29 is 14.3 Å². The summed E-state index contributed by atoms with van der Waals surface area (Å²) in [6.45, 7) is 4.17. The average Bonchev–Trinajstić information content (AvgIpc) is 2.00. The van der Waals surface area contributed by atoms with Gasteiger partial charge in [-0.05, 0) is 6.42 Å². The van der Waals surface area contributed by atoms with Crippen LogP contribution in [0, 0.1) is 0 Å². The molecule has 0 heterocycles. The fraction of sp³-hybridized carbons (Fsp3) is 0.714. The van der Waals surface area contributed by atoms with Gasteiger partial charge in [0, 0.05) is 6.92 Å². The summed E-state index contributed by atoms with van der Waals surface area (Å²) in [4.78, 5) is 14.0. The Labute approximate surface area is 66.2 Å². The highest BCUT2D eigenvalue weighted by Gasteiger charge is 1.97. The van der Waals surface area contributed by atoms with E-state index in [0.29, 0.717) is 12.5 Å². The van der Waals surface area contributed by atoms with Crippen LogP contribution in [-0.4, -0.2) is 25.7 Å². The molecule has 0 aliphatic rings. The Kier molecular flexibility index (Phi) is 5.15. The first-order valence-electron chi connectivity index (χ1n) is 3.46. The molecule has 0 saturated heterocycles. The molecular formula is C7H13NO3. The molecule has 0 atom stereocenters. The largest absolute Gasteiger partial charge is 0.481 e. The van der Waals surface area contributed by atoms with E-state index in [1.807, 2.05) is 6.92 Å². The summed E-state index contributed by atoms with van der Waals surface area (Å²) in [6.07, 6.45) is 0.271. The Balaban J connectivity index is 3.70. The first-order valence-corrected chi connectivity index (χ1v) is 3.46. The van der Waals surface area contributed by atoms with Crippen LogP contribution in [0.2, 0.25) is 0 Å². The van der Waals surface area contributed by atoms with Crippen LogP contribution in [0.1, 0.15) is 20.3 Å². The first kappa shape index (κ1) is 9.94. The van der Waals surface area contributed by atoms with Crippen molar-refractivity contribution in [1.82, 2.24) is 0 Å². The fourth-order valence-corrected chi connectivity index (χ4v) is 0.456. The molecule has 0 aromatic rings. The van der Waals surface area contributed by atoms with Crippen LogP contribution in [-0.2, 0) is 9.47 Å². The van der Waals surface area contributed by atoms with Crippen molar-refractivity contribution >= 4 is 12.0 Å². The predicted molar refractivity (Wildman–Crippen MR) is 41.8 cm³/mol. The normalized spacial score (nSPS) is 11.0. The summed E-state index contributed by atoms with van der Waals surface area (Å²) in [5.74, 6) is 0.346. The van der Waals surface area contributed by atoms with Crippen molar-refractivity contribution in [1.29, 1.82) is 0 Å². The average molecular weight is 159 g/mol. The summed E-state index contributed by atoms with van der Waals surface area (Å²) < 4.78 is 9.31. The number of rotatable bonds is 2. The molecule has 0 aromatic carbocycles. The molecule has 0 aliphatic carbocycles. The molecule has 4 heteroatoms. The summed E-state index contributed by atoms with van der Waals surface area (Å²) >= 11 is 0. The predicted octanol–water partition coefficient (Wildman–Crippen LogP) is 1.60. The van der Waals surface area contributed by atoms with E-state index in [-0.39, 0.29) is 0 Å². The number of hydrogen-bond acceptors (Lipinski definition) is 3. The standard InChI is InChI=1S/C7H13NO3/c1-4-5-11-6(2)8-7(9)10-3/h4-5H2,1-3H3/b8-6+. The van der Waals surface area contributed by atoms with Crippen molar-refractivity contribution in [3.8, 4) is 0 Å². The van der Waals surface area contributed by atoms with Crippen LogP contribution in [0.25, 0.3) is 0 Å². The van der Waals surface area contributed by atoms with Gasteiger partial charge in [-0.2, -0.15) is 0 Å². The second-order valence-corrected chi connectivity index (χ2v) is 1.95. The third-order valence-corrected chi connectivity index (χ3v) is 0.938. The van der Waals surface area contributed by atoms with Crippen LogP contribution in [0.3, 0.4) is 0 Å². The number of methoxy groups -OCH3 is 1. The van der Waals surface area contributed by atoms with Crippen molar-refractivity contribution in [2.75, 3.05) is 13.7 Å². The molecule has 0 radical (unpaired) electrons. The van der Waals surface area contributed by atoms with E-state index < -0.39 is 6.09 Å². The summed E-state index contributed by atoms with van der Waals surface area (Å²) in [6, 6.07) is 0. The highest BCUT2D eigenvalue weighted by atomic mass is 16.5. The first-order chi connectivity index (χ1) is 5.20. The molecule has 11 heavy (non-hydrogen) atoms. The zero-order valence-corrected chi connectivity index (χ0v) is 7.09. The lowest BCUT2D eigenvalue weighted by molar-refractivity contribution is 0.181. The van der Waals surface area contributed by atoms with E-state index in [1.165, 1.54) is 7.11 Å². The van der Waals surface area contributed by atoms with Gasteiger partial charge in [-0.15, -0.1) is 4.99 Å². The van der Waals surface area contributed by atoms with Gasteiger partial charge in [0.1, 0.15) is 0 Å². The second kappa shape index (κ2) is 5.70. The van der Waals surface area contributed by atoms with E-state index in [2.05, 4.69) is 9.73 Å². The number of aliphatic imine (C=N–C) groups is 1. The number of hydrogen-bond donors (Lipinski definition) is 0. The molecule has 64 valence electrons. The van der Waals surface area contributed by atoms with Crippen LogP contribution < -0.4 is 0 Å². The molecule has 4 nitrogen and oxygen atoms in total. The van der Waals surface area contributed by atoms with E-state index in [4.69, 9.17) is 4.74 Å². The van der Waals surface area contributed by atoms with Gasteiger partial charge in [0.05, 0.1) is 13.7 Å². The maximum atomic E-state index is 10.5. The zero-order valence-electron chi connectivity index (χ0n) is 7.09. The number of nitrogens with zero attached hydrogens (tertiary/aromatic N) is 1. The molecule has 0 spiro atoms. The minimum Gasteiger partial charge on any atom is -0.481 e. The monoisotopic (exact) mass is 159 g/mol. The molecule has 0 aliphatic heterocycles. The van der Waals surface area contributed by atoms with Crippen LogP contribution >= 0.6 is 0 Å². The lowest BCUT2D eigenvalue weighted by Crippen LogP contribution is -2.04. The quantitative estimate of drug-likeness (QED) is 0.454. The van der Waals surface area contributed by atoms with E-state index >= 15 is 0 Å². The van der Waals surface area contributed by atoms with Gasteiger partial charge in [0.15, 0.2) is 5.90 Å². The molecule has 0 aromatic heterocycles. The van der Waals surface area contributed by atoms with E-state index in [0.717, 1.165) is 6.42 Å². The summed E-state index contributed by atoms with van der Waals surface area (Å²) in [7, 11) is 1.28. The smallest absolute Gasteiger partial charge is 0.436 e. The molecule has 0 fully saturated rings. The van der Waals surface area contributed by atoms with Gasteiger partial charge in [-0.3, -0.25) is 0 Å². The topological polar surface area (TPSA) is 47.9 Å². The lowest BCUT2D eigenvalue weighted by Gasteiger charge is -2.00. The maximum absolute atomic E-state index is 10.5. The van der Waals surface area contributed by atoms with Crippen molar-refractivity contribution in [3.05, 3.63) is 0 Å². The van der Waals surface area contributed by atoms with Gasteiger partial charge in [0.25, 0.3) is 0 Å². The van der Waals surface area contributed by atoms with Crippen LogP contribution in [0.4, 0.5) is 4.79 Å². The number of ether oxygens (including phenoxy) is 2. The lowest BCUT2D eigenvalue weighted by atomic mass is 10.5. The Morgan fingerprint density at radius 2 is 2.18 bits per heavy atom. The van der Waals surface area contributed by atoms with Crippen molar-refractivity contribution in [2.45, 2.75) is 20.3 Å². The van der Waals surface area contributed by atoms with Gasteiger partial charge in [-0.1, -0.05) is 6.92 Å². The highest BCUT2D eigenvalue weighted by Crippen LogP contribution is 1.87. The molecule has 0 bridgehead atoms.